The Balaban J connectivity index is 1.31. The molecular formula is C32H31Cl2N3O7. The number of likely N-dealkylation sites (tertiary alicyclic amines) is 1. The molecule has 2 aromatic rings. The zero-order valence-electron chi connectivity index (χ0n) is 24.2. The molecule has 0 aromatic heterocycles. The van der Waals surface area contributed by atoms with Gasteiger partial charge in [0.05, 0.1) is 37.8 Å². The van der Waals surface area contributed by atoms with Gasteiger partial charge in [-0.25, -0.2) is 0 Å². The van der Waals surface area contributed by atoms with Gasteiger partial charge in [0, 0.05) is 37.3 Å². The first-order valence-corrected chi connectivity index (χ1v) is 15.4. The summed E-state index contributed by atoms with van der Waals surface area (Å²) < 4.78 is 11.0. The predicted octanol–water partition coefficient (Wildman–Crippen LogP) is 3.43. The molecule has 1 saturated carbocycles. The van der Waals surface area contributed by atoms with Crippen LogP contribution < -0.4 is 14.5 Å². The zero-order chi connectivity index (χ0) is 31.1. The van der Waals surface area contributed by atoms with Gasteiger partial charge in [-0.3, -0.25) is 29.0 Å². The normalized spacial score (nSPS) is 33.3. The van der Waals surface area contributed by atoms with Crippen LogP contribution in [0.1, 0.15) is 24.3 Å². The molecular weight excluding hydrogens is 609 g/mol. The molecule has 3 aliphatic heterocycles. The zero-order valence-corrected chi connectivity index (χ0v) is 25.7. The summed E-state index contributed by atoms with van der Waals surface area (Å²) in [5, 5.41) is 11.1. The number of anilines is 2. The first-order chi connectivity index (χ1) is 21.0. The fraction of sp³-hybridized carbons (Fsp3) is 0.438. The lowest BCUT2D eigenvalue weighted by atomic mass is 9.56. The van der Waals surface area contributed by atoms with Gasteiger partial charge >= 0.3 is 0 Å². The fourth-order valence-corrected chi connectivity index (χ4v) is 8.95. The first kappa shape index (κ1) is 29.1. The lowest BCUT2D eigenvalue weighted by molar-refractivity contribution is -0.138. The van der Waals surface area contributed by atoms with Crippen molar-refractivity contribution in [1.29, 1.82) is 0 Å². The number of nitrogens with zero attached hydrogens (tertiary/aromatic N) is 3. The molecule has 4 amide bonds. The summed E-state index contributed by atoms with van der Waals surface area (Å²) in [4.78, 5) is 55.9. The molecule has 3 heterocycles. The van der Waals surface area contributed by atoms with Crippen LogP contribution in [0.5, 0.6) is 11.5 Å². The molecule has 12 heteroatoms. The number of hydrogen-bond donors (Lipinski definition) is 1. The highest BCUT2D eigenvalue weighted by Gasteiger charge is 2.76. The second kappa shape index (κ2) is 10.2. The van der Waals surface area contributed by atoms with Gasteiger partial charge in [0.15, 0.2) is 9.75 Å². The van der Waals surface area contributed by atoms with E-state index in [9.17, 15) is 24.3 Å². The number of alkyl halides is 2. The number of aromatic hydroxyl groups is 1. The number of methoxy groups -OCH3 is 1. The van der Waals surface area contributed by atoms with Crippen LogP contribution in [0.15, 0.2) is 54.1 Å². The number of phenolic OH excluding ortho intramolecular Hbond substituents is 1. The van der Waals surface area contributed by atoms with Gasteiger partial charge in [-0.05, 0) is 55.2 Å². The lowest BCUT2D eigenvalue weighted by Crippen LogP contribution is -2.60. The molecule has 4 fully saturated rings. The van der Waals surface area contributed by atoms with E-state index in [4.69, 9.17) is 32.7 Å². The van der Waals surface area contributed by atoms with Crippen molar-refractivity contribution >= 4 is 58.2 Å². The van der Waals surface area contributed by atoms with Crippen LogP contribution in [0, 0.1) is 17.8 Å². The van der Waals surface area contributed by atoms with Crippen molar-refractivity contribution in [3.05, 3.63) is 59.7 Å². The Bertz CT molecular complexity index is 1620. The van der Waals surface area contributed by atoms with Gasteiger partial charge in [-0.2, -0.15) is 0 Å². The van der Waals surface area contributed by atoms with Crippen LogP contribution in [0.3, 0.4) is 0 Å². The topological polar surface area (TPSA) is 117 Å². The van der Waals surface area contributed by atoms with Crippen LogP contribution in [0.2, 0.25) is 0 Å². The molecule has 0 radical (unpaired) electrons. The summed E-state index contributed by atoms with van der Waals surface area (Å²) in [6.45, 7) is 2.77. The van der Waals surface area contributed by atoms with Crippen molar-refractivity contribution in [2.24, 2.45) is 17.8 Å². The van der Waals surface area contributed by atoms with Gasteiger partial charge in [-0.1, -0.05) is 17.7 Å². The second-order valence-corrected chi connectivity index (χ2v) is 13.3. The molecule has 7 rings (SSSR count). The number of phenols is 1. The lowest BCUT2D eigenvalue weighted by Gasteiger charge is -2.50. The molecule has 2 aliphatic carbocycles. The molecule has 0 bridgehead atoms. The summed E-state index contributed by atoms with van der Waals surface area (Å²) in [5.74, 6) is -5.40. The van der Waals surface area contributed by atoms with Crippen molar-refractivity contribution < 1.29 is 33.8 Å². The molecule has 2 aromatic carbocycles. The molecule has 230 valence electrons. The van der Waals surface area contributed by atoms with Crippen LogP contribution in [-0.2, 0) is 23.9 Å². The van der Waals surface area contributed by atoms with E-state index in [0.717, 1.165) is 23.7 Å². The number of carbonyl (C=O) groups is 4. The molecule has 10 nitrogen and oxygen atoms in total. The Labute approximate surface area is 264 Å². The number of rotatable bonds is 4. The molecule has 3 saturated heterocycles. The molecule has 44 heavy (non-hydrogen) atoms. The highest BCUT2D eigenvalue weighted by atomic mass is 35.5. The summed E-state index contributed by atoms with van der Waals surface area (Å²) in [6.07, 6.45) is 1.92. The molecule has 6 atom stereocenters. The minimum Gasteiger partial charge on any atom is -0.508 e. The Hall–Kier alpha value is -3.60. The third kappa shape index (κ3) is 3.77. The van der Waals surface area contributed by atoms with Crippen molar-refractivity contribution in [1.82, 2.24) is 4.90 Å². The maximum atomic E-state index is 14.3. The number of fused-ring (bicyclic) bond motifs is 4. The van der Waals surface area contributed by atoms with Crippen molar-refractivity contribution in [3.8, 4) is 11.5 Å². The molecule has 0 unspecified atom stereocenters. The number of benzene rings is 2. The van der Waals surface area contributed by atoms with E-state index in [2.05, 4.69) is 4.90 Å². The number of halogens is 2. The van der Waals surface area contributed by atoms with Gasteiger partial charge in [0.25, 0.3) is 11.8 Å². The summed E-state index contributed by atoms with van der Waals surface area (Å²) in [5.41, 5.74) is 2.22. The third-order valence-electron chi connectivity index (χ3n) is 10.1. The van der Waals surface area contributed by atoms with Gasteiger partial charge in [0.1, 0.15) is 11.5 Å². The first-order valence-electron chi connectivity index (χ1n) is 14.6. The molecule has 1 N–H and O–H groups in total. The van der Waals surface area contributed by atoms with Crippen molar-refractivity contribution in [2.75, 3.05) is 50.3 Å². The van der Waals surface area contributed by atoms with E-state index in [0.29, 0.717) is 24.5 Å². The number of allylic oxidation sites excluding steroid dienone is 2. The monoisotopic (exact) mass is 639 g/mol. The Morgan fingerprint density at radius 2 is 1.61 bits per heavy atom. The number of ether oxygens (including phenoxy) is 2. The SMILES string of the molecule is COc1cccc(O)c1[C@H]1C2=CC[C@@H]3C(=O)N(c4ccc(N5CCOCC5)cc4)C(=O)[C@@H]3[C@@H]2C[C@@]2(Cl)C(=O)N(C)C(=O)[C@@]12Cl. The average Bonchev–Trinajstić information content (AvgIpc) is 3.36. The Morgan fingerprint density at radius 1 is 0.932 bits per heavy atom. The summed E-state index contributed by atoms with van der Waals surface area (Å²) in [6, 6.07) is 12.0. The molecule has 0 spiro atoms. The standard InChI is InChI=1S/C32H31Cl2N3O7/c1-35-29(41)31(33)16-21-19(26(32(31,34)30(35)42)25-22(38)4-3-5-23(25)43-2)10-11-20-24(21)28(40)37(27(20)39)18-8-6-17(7-9-18)36-12-14-44-15-13-36/h3-10,20-21,24,26,38H,11-16H2,1-2H3/t20-,21+,24-,26+,31+,32-/m0/s1. The van der Waals surface area contributed by atoms with E-state index in [1.807, 2.05) is 18.2 Å². The summed E-state index contributed by atoms with van der Waals surface area (Å²) >= 11 is 14.4. The second-order valence-electron chi connectivity index (χ2n) is 12.0. The van der Waals surface area contributed by atoms with Crippen LogP contribution in [0.25, 0.3) is 0 Å². The van der Waals surface area contributed by atoms with E-state index in [1.54, 1.807) is 24.3 Å². The largest absolute Gasteiger partial charge is 0.508 e. The van der Waals surface area contributed by atoms with E-state index >= 15 is 0 Å². The Kier molecular flexibility index (Phi) is 6.77. The van der Waals surface area contributed by atoms with Crippen LogP contribution in [-0.4, -0.2) is 83.8 Å². The van der Waals surface area contributed by atoms with Crippen LogP contribution in [0.4, 0.5) is 11.4 Å². The van der Waals surface area contributed by atoms with E-state index < -0.39 is 51.1 Å². The predicted molar refractivity (Wildman–Crippen MR) is 162 cm³/mol. The van der Waals surface area contributed by atoms with Crippen molar-refractivity contribution in [3.63, 3.8) is 0 Å². The van der Waals surface area contributed by atoms with Crippen LogP contribution >= 0.6 is 23.2 Å². The van der Waals surface area contributed by atoms with Gasteiger partial charge in [0.2, 0.25) is 11.8 Å². The number of hydrogen-bond acceptors (Lipinski definition) is 8. The maximum Gasteiger partial charge on any atom is 0.253 e. The van der Waals surface area contributed by atoms with E-state index in [1.165, 1.54) is 25.1 Å². The van der Waals surface area contributed by atoms with E-state index in [-0.39, 0.29) is 35.8 Å². The number of morpholine rings is 1. The third-order valence-corrected chi connectivity index (χ3v) is 11.5. The quantitative estimate of drug-likeness (QED) is 0.307. The highest BCUT2D eigenvalue weighted by molar-refractivity contribution is 6.53. The fourth-order valence-electron chi connectivity index (χ4n) is 7.95. The Morgan fingerprint density at radius 3 is 2.30 bits per heavy atom. The van der Waals surface area contributed by atoms with Gasteiger partial charge < -0.3 is 19.5 Å². The summed E-state index contributed by atoms with van der Waals surface area (Å²) in [7, 11) is 2.75. The number of imide groups is 2. The van der Waals surface area contributed by atoms with Gasteiger partial charge in [-0.15, -0.1) is 23.2 Å². The maximum absolute atomic E-state index is 14.3. The minimum absolute atomic E-state index is 0.130. The average molecular weight is 641 g/mol. The number of carbonyl (C=O) groups excluding carboxylic acids is 4. The minimum atomic E-state index is -2.01. The molecule has 5 aliphatic rings. The highest BCUT2D eigenvalue weighted by Crippen LogP contribution is 2.66. The smallest absolute Gasteiger partial charge is 0.253 e. The van der Waals surface area contributed by atoms with Crippen molar-refractivity contribution in [2.45, 2.75) is 28.5 Å². The number of amides is 4.